The summed E-state index contributed by atoms with van der Waals surface area (Å²) in [6, 6.07) is 6.89. The van der Waals surface area contributed by atoms with E-state index in [2.05, 4.69) is 0 Å². The lowest BCUT2D eigenvalue weighted by molar-refractivity contribution is -0.147. The molecule has 0 aliphatic carbocycles. The highest BCUT2D eigenvalue weighted by Gasteiger charge is 2.43. The molecule has 0 aromatic heterocycles. The number of nitrogens with zero attached hydrogens (tertiary/aromatic N) is 1. The van der Waals surface area contributed by atoms with Crippen molar-refractivity contribution in [1.29, 1.82) is 0 Å². The van der Waals surface area contributed by atoms with Crippen LogP contribution in [0.5, 0.6) is 0 Å². The molecule has 1 aromatic rings. The Morgan fingerprint density at radius 2 is 1.82 bits per heavy atom. The standard InChI is InChI=1S/C19H27N3O5S/c20-10-6-2-1-3-7-12(19(26)27)16-17(21)28-14-9-5-4-8-13(14)22(18(16)25)11-15(23)24/h4-5,8-9,12,16-17H,1-3,6-7,10-11,20-21H2,(H,23,24)(H,26,27)/t12-,16-,17?/m0/s1. The summed E-state index contributed by atoms with van der Waals surface area (Å²) >= 11 is 1.21. The normalized spacial score (nSPS) is 20.4. The Labute approximate surface area is 168 Å². The Bertz CT molecular complexity index is 715. The number of fused-ring (bicyclic) bond motifs is 1. The molecule has 0 radical (unpaired) electrons. The van der Waals surface area contributed by atoms with Gasteiger partial charge in [-0.3, -0.25) is 19.3 Å². The summed E-state index contributed by atoms with van der Waals surface area (Å²) in [5, 5.41) is 18.3. The molecule has 0 bridgehead atoms. The second-order valence-corrected chi connectivity index (χ2v) is 8.05. The molecule has 1 aliphatic rings. The van der Waals surface area contributed by atoms with Gasteiger partial charge in [0.05, 0.1) is 22.9 Å². The molecule has 1 aromatic carbocycles. The largest absolute Gasteiger partial charge is 0.481 e. The van der Waals surface area contributed by atoms with Crippen LogP contribution in [0.25, 0.3) is 0 Å². The number of anilines is 1. The van der Waals surface area contributed by atoms with Gasteiger partial charge in [-0.15, -0.1) is 11.8 Å². The van der Waals surface area contributed by atoms with Crippen LogP contribution in [-0.4, -0.2) is 46.5 Å². The Hall–Kier alpha value is -2.10. The van der Waals surface area contributed by atoms with Gasteiger partial charge in [0, 0.05) is 4.90 Å². The van der Waals surface area contributed by atoms with Crippen LogP contribution in [0.4, 0.5) is 5.69 Å². The molecule has 6 N–H and O–H groups in total. The lowest BCUT2D eigenvalue weighted by Crippen LogP contribution is -2.48. The van der Waals surface area contributed by atoms with E-state index in [9.17, 15) is 24.6 Å². The third-order valence-corrected chi connectivity index (χ3v) is 6.00. The van der Waals surface area contributed by atoms with E-state index in [1.165, 1.54) is 11.8 Å². The fraction of sp³-hybridized carbons (Fsp3) is 0.526. The van der Waals surface area contributed by atoms with Crippen molar-refractivity contribution in [3.05, 3.63) is 24.3 Å². The van der Waals surface area contributed by atoms with E-state index < -0.39 is 41.6 Å². The van der Waals surface area contributed by atoms with Gasteiger partial charge in [-0.25, -0.2) is 0 Å². The molecule has 0 saturated carbocycles. The van der Waals surface area contributed by atoms with Gasteiger partial charge in [-0.05, 0) is 31.5 Å². The number of hydrogen-bond acceptors (Lipinski definition) is 6. The van der Waals surface area contributed by atoms with Crippen LogP contribution in [0.1, 0.15) is 32.1 Å². The molecule has 8 nitrogen and oxygen atoms in total. The smallest absolute Gasteiger partial charge is 0.323 e. The summed E-state index contributed by atoms with van der Waals surface area (Å²) in [6.07, 6.45) is 3.55. The first-order valence-electron chi connectivity index (χ1n) is 9.34. The van der Waals surface area contributed by atoms with Crippen LogP contribution in [0, 0.1) is 11.8 Å². The fourth-order valence-electron chi connectivity index (χ4n) is 3.46. The molecule has 1 heterocycles. The van der Waals surface area contributed by atoms with E-state index in [0.29, 0.717) is 30.0 Å². The lowest BCUT2D eigenvalue weighted by atomic mass is 9.86. The Morgan fingerprint density at radius 3 is 2.46 bits per heavy atom. The van der Waals surface area contributed by atoms with E-state index in [0.717, 1.165) is 24.2 Å². The van der Waals surface area contributed by atoms with Gasteiger partial charge in [0.25, 0.3) is 0 Å². The van der Waals surface area contributed by atoms with Crippen molar-refractivity contribution >= 4 is 35.3 Å². The summed E-state index contributed by atoms with van der Waals surface area (Å²) in [7, 11) is 0. The first-order chi connectivity index (χ1) is 13.4. The number of rotatable bonds is 10. The van der Waals surface area contributed by atoms with Crippen molar-refractivity contribution < 1.29 is 24.6 Å². The molecule has 154 valence electrons. The zero-order valence-corrected chi connectivity index (χ0v) is 16.4. The minimum absolute atomic E-state index is 0.307. The quantitative estimate of drug-likeness (QED) is 0.427. The number of para-hydroxylation sites is 1. The first-order valence-corrected chi connectivity index (χ1v) is 10.2. The number of carbonyl (C=O) groups is 3. The van der Waals surface area contributed by atoms with E-state index in [-0.39, 0.29) is 0 Å². The molecule has 2 rings (SSSR count). The highest BCUT2D eigenvalue weighted by molar-refractivity contribution is 8.00. The van der Waals surface area contributed by atoms with Gasteiger partial charge < -0.3 is 21.7 Å². The van der Waals surface area contributed by atoms with E-state index >= 15 is 0 Å². The Kier molecular flexibility index (Phi) is 8.28. The van der Waals surface area contributed by atoms with Gasteiger partial charge in [-0.2, -0.15) is 0 Å². The molecule has 0 spiro atoms. The summed E-state index contributed by atoms with van der Waals surface area (Å²) in [6.45, 7) is 0.0514. The summed E-state index contributed by atoms with van der Waals surface area (Å²) in [5.74, 6) is -4.80. The van der Waals surface area contributed by atoms with Crippen LogP contribution in [0.3, 0.4) is 0 Å². The molecule has 0 fully saturated rings. The van der Waals surface area contributed by atoms with Crippen LogP contribution in [-0.2, 0) is 14.4 Å². The van der Waals surface area contributed by atoms with E-state index in [1.54, 1.807) is 24.3 Å². The van der Waals surface area contributed by atoms with Crippen LogP contribution in [0.15, 0.2) is 29.2 Å². The van der Waals surface area contributed by atoms with Crippen LogP contribution < -0.4 is 16.4 Å². The second kappa shape index (κ2) is 10.4. The number of carbonyl (C=O) groups excluding carboxylic acids is 1. The number of nitrogens with two attached hydrogens (primary N) is 2. The number of carboxylic acid groups (broad SMARTS) is 2. The fourth-order valence-corrected chi connectivity index (χ4v) is 4.66. The molecular weight excluding hydrogens is 382 g/mol. The Morgan fingerprint density at radius 1 is 1.14 bits per heavy atom. The van der Waals surface area contributed by atoms with Crippen molar-refractivity contribution in [3.63, 3.8) is 0 Å². The highest BCUT2D eigenvalue weighted by atomic mass is 32.2. The molecule has 1 amide bonds. The molecule has 9 heteroatoms. The van der Waals surface area contributed by atoms with Crippen molar-refractivity contribution in [3.8, 4) is 0 Å². The molecular formula is C19H27N3O5S. The zero-order chi connectivity index (χ0) is 20.7. The monoisotopic (exact) mass is 409 g/mol. The molecule has 0 saturated heterocycles. The average molecular weight is 410 g/mol. The van der Waals surface area contributed by atoms with Gasteiger partial charge in [-0.1, -0.05) is 31.4 Å². The number of carboxylic acids is 2. The summed E-state index contributed by atoms with van der Waals surface area (Å²) in [4.78, 5) is 38.3. The number of unbranched alkanes of at least 4 members (excludes halogenated alkanes) is 3. The number of aliphatic carboxylic acids is 2. The molecule has 28 heavy (non-hydrogen) atoms. The van der Waals surface area contributed by atoms with Gasteiger partial charge in [0.1, 0.15) is 6.54 Å². The number of thioether (sulfide) groups is 1. The zero-order valence-electron chi connectivity index (χ0n) is 15.6. The number of hydrogen-bond donors (Lipinski definition) is 4. The van der Waals surface area contributed by atoms with Gasteiger partial charge in [0.15, 0.2) is 0 Å². The third-order valence-electron chi connectivity index (χ3n) is 4.84. The van der Waals surface area contributed by atoms with Gasteiger partial charge in [0.2, 0.25) is 5.91 Å². The first kappa shape index (κ1) is 22.2. The molecule has 1 unspecified atom stereocenters. The van der Waals surface area contributed by atoms with Crippen molar-refractivity contribution in [2.45, 2.75) is 42.4 Å². The average Bonchev–Trinajstić information content (AvgIpc) is 2.73. The van der Waals surface area contributed by atoms with Gasteiger partial charge >= 0.3 is 11.9 Å². The number of amides is 1. The lowest BCUT2D eigenvalue weighted by Gasteiger charge is -2.29. The van der Waals surface area contributed by atoms with Crippen molar-refractivity contribution in [2.24, 2.45) is 23.3 Å². The molecule has 3 atom stereocenters. The van der Waals surface area contributed by atoms with Crippen molar-refractivity contribution in [2.75, 3.05) is 18.0 Å². The van der Waals surface area contributed by atoms with Crippen molar-refractivity contribution in [1.82, 2.24) is 0 Å². The Balaban J connectivity index is 2.29. The SMILES string of the molecule is NCCCCCC[C@H](C(=O)O)[C@@H]1C(=O)N(CC(=O)O)c2ccccc2SC1N. The second-order valence-electron chi connectivity index (χ2n) is 6.83. The maximum Gasteiger partial charge on any atom is 0.323 e. The van der Waals surface area contributed by atoms with Crippen LogP contribution >= 0.6 is 11.8 Å². The molecule has 1 aliphatic heterocycles. The summed E-state index contributed by atoms with van der Waals surface area (Å²) in [5.41, 5.74) is 12.2. The maximum absolute atomic E-state index is 13.2. The highest BCUT2D eigenvalue weighted by Crippen LogP contribution is 2.41. The minimum Gasteiger partial charge on any atom is -0.481 e. The summed E-state index contributed by atoms with van der Waals surface area (Å²) < 4.78 is 0. The van der Waals surface area contributed by atoms with E-state index in [4.69, 9.17) is 11.5 Å². The topological polar surface area (TPSA) is 147 Å². The third kappa shape index (κ3) is 5.46. The predicted molar refractivity (Wildman–Crippen MR) is 107 cm³/mol. The van der Waals surface area contributed by atoms with E-state index in [1.807, 2.05) is 0 Å². The minimum atomic E-state index is -1.17. The van der Waals surface area contributed by atoms with Crippen LogP contribution in [0.2, 0.25) is 0 Å². The maximum atomic E-state index is 13.2. The number of benzene rings is 1. The predicted octanol–water partition coefficient (Wildman–Crippen LogP) is 1.72.